The number of nitrogens with one attached hydrogen (secondary N) is 1. The quantitative estimate of drug-likeness (QED) is 0.221. The van der Waals surface area contributed by atoms with Gasteiger partial charge >= 0.3 is 5.97 Å². The molecule has 0 bridgehead atoms. The summed E-state index contributed by atoms with van der Waals surface area (Å²) >= 11 is 12.5. The van der Waals surface area contributed by atoms with Crippen LogP contribution in [0.25, 0.3) is 27.5 Å². The molecule has 0 aliphatic heterocycles. The number of benzene rings is 2. The van der Waals surface area contributed by atoms with Gasteiger partial charge in [-0.15, -0.1) is 0 Å². The summed E-state index contributed by atoms with van der Waals surface area (Å²) in [7, 11) is 0. The number of rotatable bonds is 6. The van der Waals surface area contributed by atoms with Gasteiger partial charge in [-0.25, -0.2) is 14.8 Å². The first kappa shape index (κ1) is 22.4. The maximum atomic E-state index is 12.2. The number of carbonyl (C=O) groups is 1. The zero-order chi connectivity index (χ0) is 23.5. The van der Waals surface area contributed by atoms with Crippen molar-refractivity contribution in [3.05, 3.63) is 69.8 Å². The number of nitrogens with zero attached hydrogens (tertiary/aromatic N) is 3. The Morgan fingerprint density at radius 1 is 1.15 bits per heavy atom. The molecule has 0 radical (unpaired) electrons. The lowest BCUT2D eigenvalue weighted by atomic mass is 10.2. The average molecular weight is 483 g/mol. The molecule has 4 aromatic rings. The lowest BCUT2D eigenvalue weighted by Crippen LogP contribution is -2.17. The smallest absolute Gasteiger partial charge is 0.344 e. The third-order valence-corrected chi connectivity index (χ3v) is 5.30. The summed E-state index contributed by atoms with van der Waals surface area (Å²) in [4.78, 5) is 23.8. The molecular weight excluding hydrogens is 467 g/mol. The number of aromatic nitrogens is 3. The molecule has 0 unspecified atom stereocenters. The van der Waals surface area contributed by atoms with Crippen LogP contribution in [0.5, 0.6) is 5.75 Å². The number of nitriles is 1. The Hall–Kier alpha value is -3.80. The van der Waals surface area contributed by atoms with Crippen LogP contribution in [0.15, 0.2) is 48.2 Å². The second-order valence-corrected chi connectivity index (χ2v) is 7.82. The van der Waals surface area contributed by atoms with Gasteiger partial charge in [-0.3, -0.25) is 0 Å². The van der Waals surface area contributed by atoms with Crippen LogP contribution in [-0.4, -0.2) is 39.2 Å². The van der Waals surface area contributed by atoms with Crippen molar-refractivity contribution in [3.8, 4) is 11.8 Å². The van der Waals surface area contributed by atoms with Crippen molar-refractivity contribution in [2.75, 3.05) is 13.2 Å². The highest BCUT2D eigenvalue weighted by atomic mass is 35.5. The molecule has 0 amide bonds. The summed E-state index contributed by atoms with van der Waals surface area (Å²) in [5.74, 6) is -0.867. The fourth-order valence-electron chi connectivity index (χ4n) is 3.15. The minimum atomic E-state index is -0.782. The fraction of sp³-hybridized carbons (Fsp3) is 0.130. The van der Waals surface area contributed by atoms with Gasteiger partial charge in [0.1, 0.15) is 23.8 Å². The predicted molar refractivity (Wildman–Crippen MR) is 124 cm³/mol. The summed E-state index contributed by atoms with van der Waals surface area (Å²) in [6.07, 6.45) is 0. The first-order valence-corrected chi connectivity index (χ1v) is 10.4. The van der Waals surface area contributed by atoms with Gasteiger partial charge in [-0.05, 0) is 37.3 Å². The van der Waals surface area contributed by atoms with E-state index in [0.29, 0.717) is 27.0 Å². The van der Waals surface area contributed by atoms with E-state index >= 15 is 0 Å². The molecule has 0 saturated heterocycles. The highest BCUT2D eigenvalue weighted by Crippen LogP contribution is 2.37. The molecule has 0 spiro atoms. The topological polar surface area (TPSA) is 121 Å². The summed E-state index contributed by atoms with van der Waals surface area (Å²) in [6, 6.07) is 14.1. The number of imidazole rings is 1. The van der Waals surface area contributed by atoms with Crippen LogP contribution in [-0.2, 0) is 9.53 Å². The second kappa shape index (κ2) is 9.36. The molecule has 0 aliphatic rings. The summed E-state index contributed by atoms with van der Waals surface area (Å²) in [6.45, 7) is 0.774. The number of fused-ring (bicyclic) bond motifs is 2. The van der Waals surface area contributed by atoms with E-state index < -0.39 is 24.9 Å². The first-order valence-electron chi connectivity index (χ1n) is 9.68. The van der Waals surface area contributed by atoms with Crippen molar-refractivity contribution < 1.29 is 19.4 Å². The number of aliphatic hydroxyl groups is 1. The van der Waals surface area contributed by atoms with Gasteiger partial charge in [0.05, 0.1) is 21.1 Å². The molecular formula is C23H16Cl2N4O4. The number of halogens is 2. The predicted octanol–water partition coefficient (Wildman–Crippen LogP) is 5.14. The van der Waals surface area contributed by atoms with Crippen LogP contribution in [0.1, 0.15) is 11.5 Å². The van der Waals surface area contributed by atoms with E-state index in [0.717, 1.165) is 5.69 Å². The van der Waals surface area contributed by atoms with Crippen molar-refractivity contribution in [2.24, 2.45) is 0 Å². The number of H-pyrrole nitrogens is 1. The molecule has 33 heavy (non-hydrogen) atoms. The van der Waals surface area contributed by atoms with E-state index in [1.807, 2.05) is 12.1 Å². The molecule has 0 saturated carbocycles. The zero-order valence-corrected chi connectivity index (χ0v) is 18.7. The van der Waals surface area contributed by atoms with Crippen molar-refractivity contribution in [1.29, 1.82) is 5.26 Å². The monoisotopic (exact) mass is 482 g/mol. The molecule has 2 aromatic carbocycles. The average Bonchev–Trinajstić information content (AvgIpc) is 3.21. The lowest BCUT2D eigenvalue weighted by molar-refractivity contribution is -0.145. The SMILES string of the molecule is Cc1ccc2c(Cl)cc(Cl)c(OCC(=O)OCC(O)=C(C#N)c3nc4ccccc4[nH]3)c2n1. The molecule has 8 nitrogen and oxygen atoms in total. The Balaban J connectivity index is 1.46. The highest BCUT2D eigenvalue weighted by molar-refractivity contribution is 6.39. The van der Waals surface area contributed by atoms with Crippen LogP contribution < -0.4 is 4.74 Å². The number of pyridine rings is 1. The molecule has 166 valence electrons. The number of aliphatic hydroxyl groups excluding tert-OH is 1. The summed E-state index contributed by atoms with van der Waals surface area (Å²) in [5.41, 5.74) is 2.34. The Morgan fingerprint density at radius 2 is 1.94 bits per heavy atom. The van der Waals surface area contributed by atoms with Crippen molar-refractivity contribution >= 4 is 56.7 Å². The van der Waals surface area contributed by atoms with Crippen LogP contribution in [0.4, 0.5) is 0 Å². The normalized spacial score (nSPS) is 11.8. The van der Waals surface area contributed by atoms with E-state index in [-0.39, 0.29) is 22.2 Å². The number of esters is 1. The lowest BCUT2D eigenvalue weighted by Gasteiger charge is -2.12. The van der Waals surface area contributed by atoms with Gasteiger partial charge in [0, 0.05) is 11.1 Å². The minimum absolute atomic E-state index is 0.133. The Morgan fingerprint density at radius 3 is 2.70 bits per heavy atom. The zero-order valence-electron chi connectivity index (χ0n) is 17.2. The maximum absolute atomic E-state index is 12.2. The van der Waals surface area contributed by atoms with Crippen LogP contribution in [0.3, 0.4) is 0 Å². The number of allylic oxidation sites excluding steroid dienone is 1. The number of aryl methyl sites for hydroxylation is 1. The number of hydrogen-bond acceptors (Lipinski definition) is 7. The van der Waals surface area contributed by atoms with E-state index in [4.69, 9.17) is 32.7 Å². The van der Waals surface area contributed by atoms with Crippen molar-refractivity contribution in [1.82, 2.24) is 15.0 Å². The van der Waals surface area contributed by atoms with Gasteiger partial charge in [0.25, 0.3) is 0 Å². The number of para-hydroxylation sites is 2. The molecule has 4 rings (SSSR count). The van der Waals surface area contributed by atoms with Gasteiger partial charge < -0.3 is 19.6 Å². The van der Waals surface area contributed by atoms with Crippen LogP contribution in [0.2, 0.25) is 10.0 Å². The molecule has 0 aliphatic carbocycles. The second-order valence-electron chi connectivity index (χ2n) is 7.00. The summed E-state index contributed by atoms with van der Waals surface area (Å²) in [5, 5.41) is 21.0. The van der Waals surface area contributed by atoms with E-state index in [1.165, 1.54) is 6.07 Å². The maximum Gasteiger partial charge on any atom is 0.344 e. The Bertz CT molecular complexity index is 1420. The molecule has 2 heterocycles. The standard InChI is InChI=1S/C23H16Cl2N4O4/c1-12-6-7-13-15(24)8-16(25)22(21(13)27-12)33-11-20(31)32-10-19(30)14(9-26)23-28-17-4-2-3-5-18(17)29-23/h2-8,30H,10-11H2,1H3,(H,28,29). The first-order chi connectivity index (χ1) is 15.9. The molecule has 2 N–H and O–H groups in total. The number of hydrogen-bond donors (Lipinski definition) is 2. The minimum Gasteiger partial charge on any atom is -0.507 e. The molecule has 10 heteroatoms. The van der Waals surface area contributed by atoms with Crippen LogP contribution in [0, 0.1) is 18.3 Å². The molecule has 0 atom stereocenters. The largest absolute Gasteiger partial charge is 0.507 e. The molecule has 2 aromatic heterocycles. The fourth-order valence-corrected chi connectivity index (χ4v) is 3.72. The van der Waals surface area contributed by atoms with E-state index in [1.54, 1.807) is 37.3 Å². The number of ether oxygens (including phenoxy) is 2. The third-order valence-electron chi connectivity index (χ3n) is 4.71. The highest BCUT2D eigenvalue weighted by Gasteiger charge is 2.17. The van der Waals surface area contributed by atoms with Crippen molar-refractivity contribution in [2.45, 2.75) is 6.92 Å². The molecule has 0 fully saturated rings. The third kappa shape index (κ3) is 4.70. The van der Waals surface area contributed by atoms with Crippen LogP contribution >= 0.6 is 23.2 Å². The Kier molecular flexibility index (Phi) is 6.36. The van der Waals surface area contributed by atoms with Gasteiger partial charge in [-0.2, -0.15) is 5.26 Å². The Labute approximate surface area is 198 Å². The van der Waals surface area contributed by atoms with E-state index in [9.17, 15) is 15.2 Å². The van der Waals surface area contributed by atoms with E-state index in [2.05, 4.69) is 15.0 Å². The van der Waals surface area contributed by atoms with Gasteiger partial charge in [0.15, 0.2) is 23.9 Å². The number of carbonyl (C=O) groups excluding carboxylic acids is 1. The summed E-state index contributed by atoms with van der Waals surface area (Å²) < 4.78 is 10.6. The van der Waals surface area contributed by atoms with Gasteiger partial charge in [-0.1, -0.05) is 35.3 Å². The van der Waals surface area contributed by atoms with Gasteiger partial charge in [0.2, 0.25) is 0 Å². The van der Waals surface area contributed by atoms with Crippen molar-refractivity contribution in [3.63, 3.8) is 0 Å². The number of aromatic amines is 1.